The highest BCUT2D eigenvalue weighted by Crippen LogP contribution is 2.25. The van der Waals surface area contributed by atoms with Crippen molar-refractivity contribution in [3.05, 3.63) is 105 Å². The molecule has 3 heterocycles. The first-order chi connectivity index (χ1) is 17.6. The van der Waals surface area contributed by atoms with Crippen LogP contribution in [0.15, 0.2) is 71.6 Å². The first kappa shape index (κ1) is 23.5. The van der Waals surface area contributed by atoms with Crippen LogP contribution in [0.4, 0.5) is 0 Å². The van der Waals surface area contributed by atoms with Crippen molar-refractivity contribution < 1.29 is 9.59 Å². The summed E-state index contributed by atoms with van der Waals surface area (Å²) in [5.41, 5.74) is 6.65. The molecule has 2 aromatic carbocycles. The molecular weight excluding hydrogens is 470 g/mol. The fourth-order valence-electron chi connectivity index (χ4n) is 4.26. The lowest BCUT2D eigenvalue weighted by Gasteiger charge is -2.26. The van der Waals surface area contributed by atoms with Gasteiger partial charge in [-0.1, -0.05) is 54.5 Å². The maximum absolute atomic E-state index is 13.5. The van der Waals surface area contributed by atoms with Crippen LogP contribution >= 0.6 is 11.3 Å². The molecule has 8 heteroatoms. The molecule has 0 saturated carbocycles. The fraction of sp³-hybridized carbons (Fsp3) is 0.214. The van der Waals surface area contributed by atoms with E-state index in [0.717, 1.165) is 28.1 Å². The predicted molar refractivity (Wildman–Crippen MR) is 138 cm³/mol. The van der Waals surface area contributed by atoms with Gasteiger partial charge >= 0.3 is 0 Å². The van der Waals surface area contributed by atoms with E-state index >= 15 is 0 Å². The topological polar surface area (TPSA) is 71.3 Å². The van der Waals surface area contributed by atoms with Crippen molar-refractivity contribution in [2.45, 2.75) is 26.1 Å². The Labute approximate surface area is 214 Å². The summed E-state index contributed by atoms with van der Waals surface area (Å²) < 4.78 is 1.91. The van der Waals surface area contributed by atoms with Crippen molar-refractivity contribution in [2.75, 3.05) is 13.6 Å². The van der Waals surface area contributed by atoms with E-state index in [-0.39, 0.29) is 11.8 Å². The molecule has 1 aliphatic rings. The van der Waals surface area contributed by atoms with Gasteiger partial charge in [0.2, 0.25) is 0 Å². The molecule has 36 heavy (non-hydrogen) atoms. The maximum Gasteiger partial charge on any atom is 0.299 e. The number of fused-ring (bicyclic) bond motifs is 1. The number of carbonyl (C=O) groups excluding carboxylic acids is 2. The molecule has 4 aromatic rings. The lowest BCUT2D eigenvalue weighted by atomic mass is 10.0. The van der Waals surface area contributed by atoms with Crippen molar-refractivity contribution in [2.24, 2.45) is 0 Å². The van der Waals surface area contributed by atoms with E-state index in [1.54, 1.807) is 22.4 Å². The Morgan fingerprint density at radius 3 is 2.56 bits per heavy atom. The van der Waals surface area contributed by atoms with E-state index in [4.69, 9.17) is 5.10 Å². The van der Waals surface area contributed by atoms with E-state index < -0.39 is 0 Å². The first-order valence-corrected chi connectivity index (χ1v) is 12.6. The molecule has 0 fully saturated rings. The van der Waals surface area contributed by atoms with Gasteiger partial charge in [0, 0.05) is 48.1 Å². The van der Waals surface area contributed by atoms with E-state index in [9.17, 15) is 9.59 Å². The number of nitrogens with zero attached hydrogens (tertiary/aromatic N) is 5. The minimum Gasteiger partial charge on any atom is -0.334 e. The lowest BCUT2D eigenvalue weighted by molar-refractivity contribution is -0.126. The van der Waals surface area contributed by atoms with Crippen LogP contribution in [0.25, 0.3) is 0 Å². The van der Waals surface area contributed by atoms with Gasteiger partial charge in [0.25, 0.3) is 11.8 Å². The van der Waals surface area contributed by atoms with Crippen molar-refractivity contribution >= 4 is 23.2 Å². The van der Waals surface area contributed by atoms with E-state index in [2.05, 4.69) is 16.8 Å². The van der Waals surface area contributed by atoms with Crippen molar-refractivity contribution in [3.8, 4) is 11.8 Å². The van der Waals surface area contributed by atoms with Crippen LogP contribution < -0.4 is 0 Å². The SMILES string of the molecule is CN(Cc1cscn1)C(=O)c1nn(Cc2ccccc2)c2c1CN(C(=O)C#Cc1ccccc1)CC2. The third kappa shape index (κ3) is 5.21. The van der Waals surface area contributed by atoms with Crippen LogP contribution in [0, 0.1) is 11.8 Å². The van der Waals surface area contributed by atoms with Crippen LogP contribution in [0.1, 0.15) is 38.6 Å². The molecule has 1 aliphatic heterocycles. The summed E-state index contributed by atoms with van der Waals surface area (Å²) in [5, 5.41) is 6.69. The zero-order chi connectivity index (χ0) is 24.9. The molecule has 0 unspecified atom stereocenters. The van der Waals surface area contributed by atoms with Gasteiger partial charge in [0.1, 0.15) is 0 Å². The second-order valence-electron chi connectivity index (χ2n) is 8.65. The maximum atomic E-state index is 13.5. The molecule has 0 aliphatic carbocycles. The van der Waals surface area contributed by atoms with Crippen LogP contribution in [0.3, 0.4) is 0 Å². The molecule has 0 bridgehead atoms. The highest BCUT2D eigenvalue weighted by molar-refractivity contribution is 7.07. The summed E-state index contributed by atoms with van der Waals surface area (Å²) in [6, 6.07) is 19.5. The van der Waals surface area contributed by atoms with Gasteiger partial charge in [0.05, 0.1) is 30.8 Å². The van der Waals surface area contributed by atoms with Gasteiger partial charge in [-0.15, -0.1) is 11.3 Å². The summed E-state index contributed by atoms with van der Waals surface area (Å²) >= 11 is 1.50. The van der Waals surface area contributed by atoms with E-state index in [1.807, 2.05) is 70.7 Å². The molecule has 0 atom stereocenters. The molecule has 0 radical (unpaired) electrons. The minimum atomic E-state index is -0.255. The molecule has 180 valence electrons. The Balaban J connectivity index is 1.43. The largest absolute Gasteiger partial charge is 0.334 e. The minimum absolute atomic E-state index is 0.185. The molecule has 2 aromatic heterocycles. The average Bonchev–Trinajstić information content (AvgIpc) is 3.55. The number of hydrogen-bond acceptors (Lipinski definition) is 5. The second kappa shape index (κ2) is 10.6. The standard InChI is InChI=1S/C28H25N5O2S/c1-31(17-23-19-36-20-29-23)28(35)27-24-18-32(26(34)13-12-21-8-4-2-5-9-21)15-14-25(24)33(30-27)16-22-10-6-3-7-11-22/h2-11,19-20H,14-18H2,1H3. The number of amides is 2. The van der Waals surface area contributed by atoms with Crippen LogP contribution in [0.2, 0.25) is 0 Å². The number of thiazole rings is 1. The Hall–Kier alpha value is -4.22. The third-order valence-corrected chi connectivity index (χ3v) is 6.75. The predicted octanol–water partition coefficient (Wildman–Crippen LogP) is 3.60. The van der Waals surface area contributed by atoms with Gasteiger partial charge in [-0.25, -0.2) is 4.98 Å². The van der Waals surface area contributed by atoms with Crippen LogP contribution in [-0.2, 0) is 30.8 Å². The van der Waals surface area contributed by atoms with Gasteiger partial charge in [-0.3, -0.25) is 14.3 Å². The van der Waals surface area contributed by atoms with Crippen molar-refractivity contribution in [1.29, 1.82) is 0 Å². The summed E-state index contributed by atoms with van der Waals surface area (Å²) in [6.45, 7) is 1.79. The van der Waals surface area contributed by atoms with Crippen molar-refractivity contribution in [3.63, 3.8) is 0 Å². The molecule has 5 rings (SSSR count). The molecule has 7 nitrogen and oxygen atoms in total. The van der Waals surface area contributed by atoms with Crippen molar-refractivity contribution in [1.82, 2.24) is 24.6 Å². The lowest BCUT2D eigenvalue weighted by Crippen LogP contribution is -2.36. The zero-order valence-electron chi connectivity index (χ0n) is 19.9. The molecular formula is C28H25N5O2S. The normalized spacial score (nSPS) is 12.4. The quantitative estimate of drug-likeness (QED) is 0.397. The Bertz CT molecular complexity index is 1420. The highest BCUT2D eigenvalue weighted by atomic mass is 32.1. The summed E-state index contributed by atoms with van der Waals surface area (Å²) in [5.74, 6) is 5.26. The molecule has 0 spiro atoms. The van der Waals surface area contributed by atoms with Gasteiger partial charge < -0.3 is 9.80 Å². The number of carbonyl (C=O) groups is 2. The first-order valence-electron chi connectivity index (χ1n) is 11.7. The number of hydrogen-bond donors (Lipinski definition) is 0. The van der Waals surface area contributed by atoms with Crippen LogP contribution in [-0.4, -0.2) is 50.0 Å². The van der Waals surface area contributed by atoms with E-state index in [1.165, 1.54) is 11.3 Å². The number of rotatable bonds is 5. The van der Waals surface area contributed by atoms with Gasteiger partial charge in [0.15, 0.2) is 5.69 Å². The second-order valence-corrected chi connectivity index (χ2v) is 9.37. The zero-order valence-corrected chi connectivity index (χ0v) is 20.7. The number of benzene rings is 2. The number of aromatic nitrogens is 3. The molecule has 0 saturated heterocycles. The average molecular weight is 496 g/mol. The van der Waals surface area contributed by atoms with E-state index in [0.29, 0.717) is 38.3 Å². The monoisotopic (exact) mass is 495 g/mol. The summed E-state index contributed by atoms with van der Waals surface area (Å²) in [7, 11) is 1.75. The van der Waals surface area contributed by atoms with Crippen LogP contribution in [0.5, 0.6) is 0 Å². The summed E-state index contributed by atoms with van der Waals surface area (Å²) in [4.78, 5) is 34.0. The fourth-order valence-corrected chi connectivity index (χ4v) is 4.81. The highest BCUT2D eigenvalue weighted by Gasteiger charge is 2.31. The summed E-state index contributed by atoms with van der Waals surface area (Å²) in [6.07, 6.45) is 0.608. The Morgan fingerprint density at radius 2 is 1.83 bits per heavy atom. The smallest absolute Gasteiger partial charge is 0.299 e. The Kier molecular flexibility index (Phi) is 6.92. The van der Waals surface area contributed by atoms with Gasteiger partial charge in [-0.2, -0.15) is 5.10 Å². The van der Waals surface area contributed by atoms with Gasteiger partial charge in [-0.05, 0) is 17.7 Å². The Morgan fingerprint density at radius 1 is 1.08 bits per heavy atom. The molecule has 2 amide bonds. The molecule has 0 N–H and O–H groups in total. The third-order valence-electron chi connectivity index (χ3n) is 6.12.